The zero-order chi connectivity index (χ0) is 16.2. The maximum Gasteiger partial charge on any atom is 0.251 e. The van der Waals surface area contributed by atoms with Crippen LogP contribution < -0.4 is 5.32 Å². The highest BCUT2D eigenvalue weighted by atomic mass is 16.2. The van der Waals surface area contributed by atoms with Gasteiger partial charge in [0.1, 0.15) is 0 Å². The van der Waals surface area contributed by atoms with Crippen LogP contribution in [0.25, 0.3) is 0 Å². The average Bonchev–Trinajstić information content (AvgIpc) is 2.95. The van der Waals surface area contributed by atoms with Gasteiger partial charge in [-0.2, -0.15) is 0 Å². The SMILES string of the molecule is CN1CCC(NC(=O)c2ccc(CN3CCCC3=O)cc2)CC1. The molecule has 0 saturated carbocycles. The summed E-state index contributed by atoms with van der Waals surface area (Å²) < 4.78 is 0. The van der Waals surface area contributed by atoms with Gasteiger partial charge in [-0.15, -0.1) is 0 Å². The number of nitrogens with zero attached hydrogens (tertiary/aromatic N) is 2. The molecular weight excluding hydrogens is 290 g/mol. The van der Waals surface area contributed by atoms with Crippen molar-refractivity contribution >= 4 is 11.8 Å². The fraction of sp³-hybridized carbons (Fsp3) is 0.556. The molecule has 3 rings (SSSR count). The summed E-state index contributed by atoms with van der Waals surface area (Å²) in [5, 5.41) is 3.13. The first-order chi connectivity index (χ1) is 11.1. The summed E-state index contributed by atoms with van der Waals surface area (Å²) in [4.78, 5) is 28.1. The van der Waals surface area contributed by atoms with Gasteiger partial charge in [-0.1, -0.05) is 12.1 Å². The maximum atomic E-state index is 12.3. The predicted molar refractivity (Wildman–Crippen MR) is 89.1 cm³/mol. The van der Waals surface area contributed by atoms with Crippen molar-refractivity contribution in [2.45, 2.75) is 38.3 Å². The molecule has 2 saturated heterocycles. The second kappa shape index (κ2) is 7.13. The van der Waals surface area contributed by atoms with Crippen molar-refractivity contribution in [1.82, 2.24) is 15.1 Å². The summed E-state index contributed by atoms with van der Waals surface area (Å²) in [7, 11) is 2.11. The molecule has 23 heavy (non-hydrogen) atoms. The molecule has 2 aliphatic heterocycles. The third-order valence-electron chi connectivity index (χ3n) is 4.81. The number of rotatable bonds is 4. The van der Waals surface area contributed by atoms with Crippen LogP contribution in [0.3, 0.4) is 0 Å². The maximum absolute atomic E-state index is 12.3. The minimum Gasteiger partial charge on any atom is -0.349 e. The fourth-order valence-corrected chi connectivity index (χ4v) is 3.27. The van der Waals surface area contributed by atoms with Crippen LogP contribution in [0.15, 0.2) is 24.3 Å². The molecule has 0 bridgehead atoms. The van der Waals surface area contributed by atoms with Crippen molar-refractivity contribution in [3.63, 3.8) is 0 Å². The Bertz CT molecular complexity index is 562. The molecule has 5 heteroatoms. The van der Waals surface area contributed by atoms with Gasteiger partial charge in [0.15, 0.2) is 0 Å². The molecule has 0 spiro atoms. The summed E-state index contributed by atoms with van der Waals surface area (Å²) in [6, 6.07) is 7.91. The number of likely N-dealkylation sites (tertiary alicyclic amines) is 2. The number of hydrogen-bond acceptors (Lipinski definition) is 3. The summed E-state index contributed by atoms with van der Waals surface area (Å²) in [5.74, 6) is 0.234. The zero-order valence-electron chi connectivity index (χ0n) is 13.8. The molecule has 1 N–H and O–H groups in total. The molecule has 2 amide bonds. The van der Waals surface area contributed by atoms with Crippen molar-refractivity contribution in [2.24, 2.45) is 0 Å². The van der Waals surface area contributed by atoms with E-state index in [1.165, 1.54) is 0 Å². The van der Waals surface area contributed by atoms with Crippen LogP contribution in [0.1, 0.15) is 41.6 Å². The van der Waals surface area contributed by atoms with Gasteiger partial charge in [-0.05, 0) is 57.1 Å². The first-order valence-corrected chi connectivity index (χ1v) is 8.48. The minimum absolute atomic E-state index is 0.00310. The van der Waals surface area contributed by atoms with E-state index in [1.54, 1.807) is 0 Å². The Hall–Kier alpha value is -1.88. The third kappa shape index (κ3) is 4.10. The molecule has 124 valence electrons. The summed E-state index contributed by atoms with van der Waals surface area (Å²) >= 11 is 0. The van der Waals surface area contributed by atoms with Gasteiger partial charge in [0.2, 0.25) is 5.91 Å². The summed E-state index contributed by atoms with van der Waals surface area (Å²) in [6.45, 7) is 3.56. The predicted octanol–water partition coefficient (Wildman–Crippen LogP) is 1.63. The van der Waals surface area contributed by atoms with Crippen molar-refractivity contribution in [3.8, 4) is 0 Å². The lowest BCUT2D eigenvalue weighted by atomic mass is 10.0. The average molecular weight is 315 g/mol. The number of benzene rings is 1. The molecule has 2 aliphatic rings. The van der Waals surface area contributed by atoms with E-state index in [-0.39, 0.29) is 17.9 Å². The normalized spacial score (nSPS) is 20.0. The Kier molecular flexibility index (Phi) is 4.96. The minimum atomic E-state index is 0.00310. The lowest BCUT2D eigenvalue weighted by Crippen LogP contribution is -2.43. The molecule has 0 unspecified atom stereocenters. The van der Waals surface area contributed by atoms with Crippen LogP contribution in [0.2, 0.25) is 0 Å². The first-order valence-electron chi connectivity index (χ1n) is 8.48. The molecule has 0 aromatic heterocycles. The quantitative estimate of drug-likeness (QED) is 0.919. The van der Waals surface area contributed by atoms with Crippen LogP contribution in [0, 0.1) is 0 Å². The molecule has 1 aromatic carbocycles. The molecule has 1 aromatic rings. The fourth-order valence-electron chi connectivity index (χ4n) is 3.27. The molecular formula is C18H25N3O2. The van der Waals surface area contributed by atoms with Gasteiger partial charge in [0, 0.05) is 31.1 Å². The Morgan fingerprint density at radius 2 is 1.87 bits per heavy atom. The topological polar surface area (TPSA) is 52.7 Å². The molecule has 2 heterocycles. The van der Waals surface area contributed by atoms with Crippen LogP contribution in [-0.2, 0) is 11.3 Å². The van der Waals surface area contributed by atoms with Crippen molar-refractivity contribution < 1.29 is 9.59 Å². The highest BCUT2D eigenvalue weighted by Gasteiger charge is 2.21. The highest BCUT2D eigenvalue weighted by Crippen LogP contribution is 2.15. The van der Waals surface area contributed by atoms with E-state index in [9.17, 15) is 9.59 Å². The molecule has 0 atom stereocenters. The highest BCUT2D eigenvalue weighted by molar-refractivity contribution is 5.94. The Morgan fingerprint density at radius 1 is 1.17 bits per heavy atom. The zero-order valence-corrected chi connectivity index (χ0v) is 13.8. The molecule has 0 radical (unpaired) electrons. The van der Waals surface area contributed by atoms with Crippen LogP contribution >= 0.6 is 0 Å². The number of carbonyl (C=O) groups is 2. The Morgan fingerprint density at radius 3 is 2.48 bits per heavy atom. The van der Waals surface area contributed by atoms with E-state index in [2.05, 4.69) is 17.3 Å². The third-order valence-corrected chi connectivity index (χ3v) is 4.81. The second-order valence-electron chi connectivity index (χ2n) is 6.67. The standard InChI is InChI=1S/C18H25N3O2/c1-20-11-8-16(9-12-20)19-18(23)15-6-4-14(5-7-15)13-21-10-2-3-17(21)22/h4-7,16H,2-3,8-13H2,1H3,(H,19,23). The van der Waals surface area contributed by atoms with E-state index in [0.29, 0.717) is 18.5 Å². The van der Waals surface area contributed by atoms with Gasteiger partial charge in [0.25, 0.3) is 5.91 Å². The number of nitrogens with one attached hydrogen (secondary N) is 1. The largest absolute Gasteiger partial charge is 0.349 e. The van der Waals surface area contributed by atoms with Gasteiger partial charge >= 0.3 is 0 Å². The van der Waals surface area contributed by atoms with Crippen molar-refractivity contribution in [1.29, 1.82) is 0 Å². The molecule has 0 aliphatic carbocycles. The van der Waals surface area contributed by atoms with Gasteiger partial charge in [-0.25, -0.2) is 0 Å². The molecule has 5 nitrogen and oxygen atoms in total. The number of amides is 2. The van der Waals surface area contributed by atoms with Crippen LogP contribution in [-0.4, -0.2) is 54.3 Å². The molecule has 2 fully saturated rings. The number of carbonyl (C=O) groups excluding carboxylic acids is 2. The van der Waals surface area contributed by atoms with Crippen LogP contribution in [0.4, 0.5) is 0 Å². The van der Waals surface area contributed by atoms with Crippen LogP contribution in [0.5, 0.6) is 0 Å². The first kappa shape index (κ1) is 16.0. The van der Waals surface area contributed by atoms with Gasteiger partial charge in [-0.3, -0.25) is 9.59 Å². The van der Waals surface area contributed by atoms with E-state index >= 15 is 0 Å². The summed E-state index contributed by atoms with van der Waals surface area (Å²) in [5.41, 5.74) is 1.77. The van der Waals surface area contributed by atoms with Crippen molar-refractivity contribution in [2.75, 3.05) is 26.7 Å². The number of piperidine rings is 1. The van der Waals surface area contributed by atoms with E-state index in [0.717, 1.165) is 44.5 Å². The smallest absolute Gasteiger partial charge is 0.251 e. The van der Waals surface area contributed by atoms with Gasteiger partial charge < -0.3 is 15.1 Å². The number of hydrogen-bond donors (Lipinski definition) is 1. The Balaban J connectivity index is 1.54. The lowest BCUT2D eigenvalue weighted by molar-refractivity contribution is -0.128. The summed E-state index contributed by atoms with van der Waals surface area (Å²) in [6.07, 6.45) is 3.64. The lowest BCUT2D eigenvalue weighted by Gasteiger charge is -2.29. The van der Waals surface area contributed by atoms with E-state index in [4.69, 9.17) is 0 Å². The Labute approximate surface area is 137 Å². The van der Waals surface area contributed by atoms with Crippen molar-refractivity contribution in [3.05, 3.63) is 35.4 Å². The second-order valence-corrected chi connectivity index (χ2v) is 6.67. The van der Waals surface area contributed by atoms with Gasteiger partial charge in [0.05, 0.1) is 0 Å². The van der Waals surface area contributed by atoms with E-state index in [1.807, 2.05) is 29.2 Å². The van der Waals surface area contributed by atoms with E-state index < -0.39 is 0 Å². The monoisotopic (exact) mass is 315 g/mol.